The van der Waals surface area contributed by atoms with E-state index in [1.54, 1.807) is 0 Å². The zero-order chi connectivity index (χ0) is 19.0. The Labute approximate surface area is 160 Å². The number of hydrogen-bond donors (Lipinski definition) is 0. The Balaban J connectivity index is 1.90. The maximum atomic E-state index is 13.5. The molecular weight excluding hydrogens is 336 g/mol. The first-order valence-corrected chi connectivity index (χ1v) is 9.85. The van der Waals surface area contributed by atoms with E-state index in [0.717, 1.165) is 59.5 Å². The molecule has 0 radical (unpaired) electrons. The minimum absolute atomic E-state index is 0.111. The molecule has 27 heavy (non-hydrogen) atoms. The maximum Gasteiger partial charge on any atom is 0.254 e. The van der Waals surface area contributed by atoms with Gasteiger partial charge in [0.15, 0.2) is 5.65 Å². The number of carbonyl (C=O) groups excluding carboxylic acids is 1. The molecule has 1 atom stereocenters. The minimum Gasteiger partial charge on any atom is -0.336 e. The van der Waals surface area contributed by atoms with E-state index in [-0.39, 0.29) is 11.9 Å². The Morgan fingerprint density at radius 2 is 2.00 bits per heavy atom. The molecule has 3 heterocycles. The third kappa shape index (κ3) is 3.11. The number of piperidine rings is 1. The van der Waals surface area contributed by atoms with Crippen molar-refractivity contribution in [2.75, 3.05) is 6.54 Å². The van der Waals surface area contributed by atoms with Gasteiger partial charge < -0.3 is 4.90 Å². The Bertz CT molecular complexity index is 977. The number of benzene rings is 1. The van der Waals surface area contributed by atoms with Crippen molar-refractivity contribution in [2.24, 2.45) is 0 Å². The summed E-state index contributed by atoms with van der Waals surface area (Å²) in [6, 6.07) is 12.2. The van der Waals surface area contributed by atoms with Gasteiger partial charge >= 0.3 is 0 Å². The van der Waals surface area contributed by atoms with E-state index in [2.05, 4.69) is 13.8 Å². The molecule has 140 valence electrons. The van der Waals surface area contributed by atoms with Crippen molar-refractivity contribution in [3.63, 3.8) is 0 Å². The number of carbonyl (C=O) groups is 1. The average Bonchev–Trinajstić information content (AvgIpc) is 3.04. The summed E-state index contributed by atoms with van der Waals surface area (Å²) in [4.78, 5) is 20.3. The number of rotatable bonds is 3. The fourth-order valence-electron chi connectivity index (χ4n) is 3.99. The van der Waals surface area contributed by atoms with Crippen LogP contribution in [0.15, 0.2) is 36.4 Å². The molecule has 1 saturated heterocycles. The highest BCUT2D eigenvalue weighted by Gasteiger charge is 2.28. The number of nitrogens with zero attached hydrogens (tertiary/aromatic N) is 4. The van der Waals surface area contributed by atoms with Gasteiger partial charge in [0.2, 0.25) is 0 Å². The Morgan fingerprint density at radius 1 is 1.22 bits per heavy atom. The molecule has 0 spiro atoms. The Kier molecular flexibility index (Phi) is 4.68. The molecule has 0 saturated carbocycles. The molecule has 1 fully saturated rings. The normalized spacial score (nSPS) is 17.4. The summed E-state index contributed by atoms with van der Waals surface area (Å²) in [5.74, 6) is 0.111. The van der Waals surface area contributed by atoms with Crippen LogP contribution in [0.3, 0.4) is 0 Å². The van der Waals surface area contributed by atoms with Gasteiger partial charge in [-0.25, -0.2) is 9.67 Å². The van der Waals surface area contributed by atoms with Crippen LogP contribution in [0.2, 0.25) is 0 Å². The summed E-state index contributed by atoms with van der Waals surface area (Å²) in [6.45, 7) is 7.01. The summed E-state index contributed by atoms with van der Waals surface area (Å²) in [5.41, 5.74) is 4.24. The first-order valence-electron chi connectivity index (χ1n) is 9.85. The quantitative estimate of drug-likeness (QED) is 0.698. The van der Waals surface area contributed by atoms with Crippen molar-refractivity contribution in [3.8, 4) is 5.69 Å². The summed E-state index contributed by atoms with van der Waals surface area (Å²) < 4.78 is 1.86. The average molecular weight is 362 g/mol. The van der Waals surface area contributed by atoms with Gasteiger partial charge in [0.1, 0.15) is 0 Å². The highest BCUT2D eigenvalue weighted by molar-refractivity contribution is 6.07. The van der Waals surface area contributed by atoms with E-state index < -0.39 is 0 Å². The monoisotopic (exact) mass is 362 g/mol. The van der Waals surface area contributed by atoms with E-state index in [1.165, 1.54) is 6.42 Å². The van der Waals surface area contributed by atoms with Crippen molar-refractivity contribution in [3.05, 3.63) is 53.3 Å². The number of hydrogen-bond acceptors (Lipinski definition) is 3. The first kappa shape index (κ1) is 17.7. The van der Waals surface area contributed by atoms with E-state index in [0.29, 0.717) is 0 Å². The summed E-state index contributed by atoms with van der Waals surface area (Å²) in [5, 5.41) is 5.60. The molecule has 1 aliphatic rings. The van der Waals surface area contributed by atoms with Crippen LogP contribution >= 0.6 is 0 Å². The molecule has 0 bridgehead atoms. The van der Waals surface area contributed by atoms with Crippen molar-refractivity contribution >= 4 is 16.9 Å². The zero-order valence-electron chi connectivity index (χ0n) is 16.3. The van der Waals surface area contributed by atoms with Gasteiger partial charge in [-0.05, 0) is 57.7 Å². The molecule has 1 amide bonds. The highest BCUT2D eigenvalue weighted by Crippen LogP contribution is 2.28. The lowest BCUT2D eigenvalue weighted by atomic mass is 10.0. The van der Waals surface area contributed by atoms with Crippen LogP contribution in [0.25, 0.3) is 16.7 Å². The van der Waals surface area contributed by atoms with Gasteiger partial charge in [-0.3, -0.25) is 4.79 Å². The number of amides is 1. The molecule has 3 aromatic rings. The van der Waals surface area contributed by atoms with Crippen LogP contribution in [-0.2, 0) is 6.42 Å². The van der Waals surface area contributed by atoms with E-state index in [1.807, 2.05) is 52.9 Å². The molecule has 2 aromatic heterocycles. The fraction of sp³-hybridized carbons (Fsp3) is 0.409. The van der Waals surface area contributed by atoms with Crippen LogP contribution in [0.1, 0.15) is 54.9 Å². The Hall–Kier alpha value is -2.69. The lowest BCUT2D eigenvalue weighted by Gasteiger charge is -2.33. The predicted molar refractivity (Wildman–Crippen MR) is 107 cm³/mol. The number of aryl methyl sites for hydroxylation is 2. The number of fused-ring (bicyclic) bond motifs is 1. The third-order valence-corrected chi connectivity index (χ3v) is 5.52. The maximum absolute atomic E-state index is 13.5. The van der Waals surface area contributed by atoms with Crippen LogP contribution < -0.4 is 0 Å². The summed E-state index contributed by atoms with van der Waals surface area (Å²) in [6.07, 6.45) is 4.13. The van der Waals surface area contributed by atoms with E-state index >= 15 is 0 Å². The van der Waals surface area contributed by atoms with Crippen molar-refractivity contribution < 1.29 is 4.79 Å². The van der Waals surface area contributed by atoms with Gasteiger partial charge in [-0.2, -0.15) is 5.10 Å². The van der Waals surface area contributed by atoms with E-state index in [9.17, 15) is 4.79 Å². The van der Waals surface area contributed by atoms with E-state index in [4.69, 9.17) is 10.1 Å². The topological polar surface area (TPSA) is 51.0 Å². The molecule has 1 aliphatic heterocycles. The summed E-state index contributed by atoms with van der Waals surface area (Å²) in [7, 11) is 0. The second-order valence-electron chi connectivity index (χ2n) is 7.39. The minimum atomic E-state index is 0.111. The largest absolute Gasteiger partial charge is 0.336 e. The molecular formula is C22H26N4O. The zero-order valence-corrected chi connectivity index (χ0v) is 16.3. The number of aromatic nitrogens is 3. The van der Waals surface area contributed by atoms with Gasteiger partial charge in [0, 0.05) is 18.3 Å². The number of para-hydroxylation sites is 1. The van der Waals surface area contributed by atoms with Gasteiger partial charge in [0.25, 0.3) is 5.91 Å². The van der Waals surface area contributed by atoms with Gasteiger partial charge in [-0.15, -0.1) is 0 Å². The molecule has 0 aliphatic carbocycles. The molecule has 1 aromatic carbocycles. The second-order valence-corrected chi connectivity index (χ2v) is 7.39. The molecule has 4 rings (SSSR count). The third-order valence-electron chi connectivity index (χ3n) is 5.52. The Morgan fingerprint density at radius 3 is 2.70 bits per heavy atom. The second kappa shape index (κ2) is 7.14. The number of likely N-dealkylation sites (tertiary alicyclic amines) is 1. The summed E-state index contributed by atoms with van der Waals surface area (Å²) >= 11 is 0. The van der Waals surface area contributed by atoms with Gasteiger partial charge in [-0.1, -0.05) is 25.1 Å². The molecule has 0 N–H and O–H groups in total. The first-order chi connectivity index (χ1) is 13.1. The smallest absolute Gasteiger partial charge is 0.254 e. The molecule has 0 unspecified atom stereocenters. The van der Waals surface area contributed by atoms with Crippen LogP contribution in [0, 0.1) is 6.92 Å². The van der Waals surface area contributed by atoms with Crippen LogP contribution in [0.5, 0.6) is 0 Å². The standard InChI is InChI=1S/C22H26N4O/c1-4-17-14-19(22(27)25-13-9-8-10-15(25)2)20-16(3)24-26(21(20)23-17)18-11-6-5-7-12-18/h5-7,11-12,14-15H,4,8-10,13H2,1-3H3/t15-/m1/s1. The molecule has 5 heteroatoms. The molecule has 5 nitrogen and oxygen atoms in total. The van der Waals surface area contributed by atoms with Crippen molar-refractivity contribution in [2.45, 2.75) is 52.5 Å². The SMILES string of the molecule is CCc1cc(C(=O)N2CCCC[C@H]2C)c2c(C)nn(-c3ccccc3)c2n1. The van der Waals surface area contributed by atoms with Crippen LogP contribution in [0.4, 0.5) is 0 Å². The predicted octanol–water partition coefficient (Wildman–Crippen LogP) is 4.31. The highest BCUT2D eigenvalue weighted by atomic mass is 16.2. The van der Waals surface area contributed by atoms with Crippen molar-refractivity contribution in [1.82, 2.24) is 19.7 Å². The lowest BCUT2D eigenvalue weighted by Crippen LogP contribution is -2.42. The van der Waals surface area contributed by atoms with Crippen molar-refractivity contribution in [1.29, 1.82) is 0 Å². The fourth-order valence-corrected chi connectivity index (χ4v) is 3.99. The lowest BCUT2D eigenvalue weighted by molar-refractivity contribution is 0.0637. The number of pyridine rings is 1. The van der Waals surface area contributed by atoms with Crippen LogP contribution in [-0.4, -0.2) is 38.2 Å². The van der Waals surface area contributed by atoms with Gasteiger partial charge in [0.05, 0.1) is 22.3 Å².